The monoisotopic (exact) mass is 1710 g/mol. The summed E-state index contributed by atoms with van der Waals surface area (Å²) in [5.41, 5.74) is 22.5. The van der Waals surface area contributed by atoms with Gasteiger partial charge in [-0.25, -0.2) is 0 Å². The summed E-state index contributed by atoms with van der Waals surface area (Å²) < 4.78 is -3.43. The minimum absolute atomic E-state index is 0.698. The molecular weight excluding hydrogens is 1640 g/mol. The van der Waals surface area contributed by atoms with Crippen LogP contribution in [-0.4, -0.2) is 49.9 Å². The Morgan fingerprint density at radius 1 is 0.295 bits per heavy atom. The fourth-order valence-electron chi connectivity index (χ4n) is 22.8. The van der Waals surface area contributed by atoms with E-state index in [1.54, 1.807) is 0 Å². The Kier molecular flexibility index (Phi) is 15.9. The van der Waals surface area contributed by atoms with E-state index in [-0.39, 0.29) is 0 Å². The average Bonchev–Trinajstić information content (AvgIpc) is 1.53. The topological polar surface area (TPSA) is 0 Å². The first kappa shape index (κ1) is 69.9. The van der Waals surface area contributed by atoms with Gasteiger partial charge in [0.25, 0.3) is 0 Å². The van der Waals surface area contributed by atoms with Crippen LogP contribution in [0.3, 0.4) is 0 Å². The van der Waals surface area contributed by atoms with Gasteiger partial charge in [0, 0.05) is 0 Å². The standard InChI is InChI=1S/2C39H40Cl4Si3.2ClH.Hf/c2*1-22-16-30-26(24-18-32(40)38(33(41)19-24)45(4,5)6)12-10-14-28(30)36(22)44(3)37-23(2)17-31-27(13-11-15-29(31)37)25-20-34(42)39(35(43)21-25)46(7,8)9;;;/h2*10-21,44H,1-9H3;2*1H;/q;;;;+2/p-2. The molecule has 8 aromatic rings. The summed E-state index contributed by atoms with van der Waals surface area (Å²) in [5.74, 6) is 0. The quantitative estimate of drug-likeness (QED) is 0.133. The van der Waals surface area contributed by atoms with E-state index in [0.29, 0.717) is 40.2 Å². The molecule has 0 saturated carbocycles. The van der Waals surface area contributed by atoms with E-state index in [1.807, 2.05) is 0 Å². The van der Waals surface area contributed by atoms with Crippen molar-refractivity contribution in [2.24, 2.45) is 0 Å². The molecule has 4 unspecified atom stereocenters. The van der Waals surface area contributed by atoms with Crippen LogP contribution in [0.1, 0.15) is 72.2 Å². The van der Waals surface area contributed by atoms with Crippen LogP contribution in [0.4, 0.5) is 0 Å². The van der Waals surface area contributed by atoms with E-state index in [9.17, 15) is 17.2 Å². The zero-order valence-corrected chi connectivity index (χ0v) is 74.8. The summed E-state index contributed by atoms with van der Waals surface area (Å²) in [7, 11) is 9.39. The van der Waals surface area contributed by atoms with Crippen molar-refractivity contribution in [1.82, 2.24) is 0 Å². The van der Waals surface area contributed by atoms with E-state index < -0.39 is 75.7 Å². The van der Waals surface area contributed by atoms with Crippen molar-refractivity contribution in [3.8, 4) is 44.5 Å². The molecule has 2 aliphatic heterocycles. The summed E-state index contributed by atoms with van der Waals surface area (Å²) in [6.45, 7) is 42.5. The van der Waals surface area contributed by atoms with Gasteiger partial charge < -0.3 is 0 Å². The van der Waals surface area contributed by atoms with Gasteiger partial charge in [0.05, 0.1) is 0 Å². The first-order valence-corrected chi connectivity index (χ1v) is 70.8. The van der Waals surface area contributed by atoms with Crippen LogP contribution in [-0.2, 0) is 25.8 Å². The molecule has 95 heavy (non-hydrogen) atoms. The van der Waals surface area contributed by atoms with Crippen molar-refractivity contribution < 1.29 is 14.7 Å². The molecule has 2 saturated heterocycles. The first-order valence-electron chi connectivity index (χ1n) is 33.1. The predicted molar refractivity (Wildman–Crippen MR) is 439 cm³/mol. The van der Waals surface area contributed by atoms with Crippen LogP contribution in [0.15, 0.2) is 144 Å². The molecule has 0 bridgehead atoms. The van der Waals surface area contributed by atoms with Gasteiger partial charge in [-0.3, -0.25) is 0 Å². The number of halogens is 10. The fraction of sp³-hybridized carbons (Fsp3) is 0.282. The summed E-state index contributed by atoms with van der Waals surface area (Å²) in [5, 5.41) is 9.82. The maximum absolute atomic E-state index is 11.3. The normalized spacial score (nSPS) is 25.5. The molecule has 6 aliphatic rings. The van der Waals surface area contributed by atoms with Gasteiger partial charge in [0.2, 0.25) is 0 Å². The Morgan fingerprint density at radius 3 is 0.621 bits per heavy atom. The molecule has 0 aromatic heterocycles. The Bertz CT molecular complexity index is 4300. The second kappa shape index (κ2) is 21.7. The van der Waals surface area contributed by atoms with Crippen LogP contribution in [0.2, 0.25) is 132 Å². The molecule has 0 amide bonds. The number of rotatable bonds is 8. The second-order valence-corrected chi connectivity index (χ2v) is 111. The zero-order valence-electron chi connectivity index (χ0n) is 57.3. The molecule has 2 fully saturated rings. The zero-order chi connectivity index (χ0) is 69.0. The van der Waals surface area contributed by atoms with Gasteiger partial charge in [0.1, 0.15) is 0 Å². The third-order valence-electron chi connectivity index (χ3n) is 24.6. The van der Waals surface area contributed by atoms with Gasteiger partial charge in [-0.1, -0.05) is 0 Å². The molecule has 5 spiro atoms. The molecule has 0 nitrogen and oxygen atoms in total. The van der Waals surface area contributed by atoms with E-state index in [4.69, 9.17) is 92.8 Å². The molecule has 0 radical (unpaired) electrons. The Morgan fingerprint density at radius 2 is 0.463 bits per heavy atom. The van der Waals surface area contributed by atoms with Gasteiger partial charge >= 0.3 is 623 Å². The third kappa shape index (κ3) is 7.91. The van der Waals surface area contributed by atoms with Crippen molar-refractivity contribution in [1.29, 1.82) is 0 Å². The van der Waals surface area contributed by atoms with E-state index in [1.165, 1.54) is 44.5 Å². The van der Waals surface area contributed by atoms with Gasteiger partial charge in [0.15, 0.2) is 0 Å². The van der Waals surface area contributed by atoms with Gasteiger partial charge in [-0.15, -0.1) is 0 Å². The van der Waals surface area contributed by atoms with E-state index in [2.05, 4.69) is 265 Å². The second-order valence-electron chi connectivity index (χ2n) is 32.9. The first-order chi connectivity index (χ1) is 44.1. The van der Waals surface area contributed by atoms with E-state index in [0.717, 1.165) is 87.5 Å². The molecule has 4 atom stereocenters. The number of fused-ring (bicyclic) bond motifs is 12. The minimum atomic E-state index is -7.96. The molecule has 14 rings (SSSR count). The van der Waals surface area contributed by atoms with E-state index >= 15 is 0 Å². The number of hydrogen-bond donors (Lipinski definition) is 0. The Labute approximate surface area is 615 Å². The van der Waals surface area contributed by atoms with Crippen LogP contribution < -0.4 is 20.7 Å². The predicted octanol–water partition coefficient (Wildman–Crippen LogP) is 24.7. The van der Waals surface area contributed by atoms with Crippen molar-refractivity contribution in [3.63, 3.8) is 0 Å². The molecule has 8 aromatic carbocycles. The molecule has 0 N–H and O–H groups in total. The SMILES string of the molecule is CC1=Cc2c(-c3cc(Cl)c([Si](C)(C)C)c(Cl)c3)cccc2[C]12[SiH](C)[C]1(C(C)=Cc3c(-c4cc(Cl)c([Si](C)(C)C)c(Cl)c4)cccc31)[Hf]21([Cl])([Cl])[C]2(C(C)=Cc3c(-c4cc(Cl)c([Si](C)(C)C)c(Cl)c4)cccc32)[SiH](C)[C]12C(C)=Cc1c(-c3cc(Cl)c([Si](C)(C)C)c(Cl)c3)cccc12. The van der Waals surface area contributed by atoms with Gasteiger partial charge in [-0.2, -0.15) is 0 Å². The number of hydrogen-bond acceptors (Lipinski definition) is 0. The third-order valence-corrected chi connectivity index (χ3v) is 154. The molecule has 490 valence electrons. The van der Waals surface area contributed by atoms with Crippen molar-refractivity contribution in [2.75, 3.05) is 0 Å². The van der Waals surface area contributed by atoms with Crippen LogP contribution in [0, 0.1) is 0 Å². The molecule has 2 heterocycles. The number of benzene rings is 8. The molecular formula is C78H80Cl10HfSi6. The number of allylic oxidation sites excluding steroid dienone is 4. The summed E-state index contributed by atoms with van der Waals surface area (Å²) in [4.78, 5) is 0. The summed E-state index contributed by atoms with van der Waals surface area (Å²) in [6, 6.07) is 45.1. The Balaban J connectivity index is 1.19. The van der Waals surface area contributed by atoms with Crippen LogP contribution >= 0.6 is 110 Å². The maximum atomic E-state index is 11.3. The summed E-state index contributed by atoms with van der Waals surface area (Å²) in [6.07, 6.45) is 10.0. The average molecular weight is 1720 g/mol. The van der Waals surface area contributed by atoms with Crippen LogP contribution in [0.25, 0.3) is 68.8 Å². The molecule has 17 heteroatoms. The Hall–Kier alpha value is -2.21. The van der Waals surface area contributed by atoms with Crippen molar-refractivity contribution in [3.05, 3.63) is 228 Å². The molecule has 4 aliphatic carbocycles. The van der Waals surface area contributed by atoms with Crippen LogP contribution in [0.5, 0.6) is 0 Å². The van der Waals surface area contributed by atoms with Gasteiger partial charge in [-0.05, 0) is 0 Å². The fourth-order valence-corrected chi connectivity index (χ4v) is 209. The van der Waals surface area contributed by atoms with Crippen molar-refractivity contribution in [2.45, 2.75) is 131 Å². The summed E-state index contributed by atoms with van der Waals surface area (Å²) >= 11 is 52.1. The van der Waals surface area contributed by atoms with Crippen molar-refractivity contribution >= 4 is 205 Å².